The highest BCUT2D eigenvalue weighted by atomic mass is 16.2. The minimum Gasteiger partial charge on any atom is -0.339 e. The van der Waals surface area contributed by atoms with E-state index in [0.717, 1.165) is 58.9 Å². The molecule has 2 aliphatic rings. The fourth-order valence-corrected chi connectivity index (χ4v) is 3.29. The van der Waals surface area contributed by atoms with Gasteiger partial charge in [-0.2, -0.15) is 0 Å². The van der Waals surface area contributed by atoms with E-state index in [9.17, 15) is 4.79 Å². The van der Waals surface area contributed by atoms with Crippen LogP contribution in [0.25, 0.3) is 0 Å². The molecule has 1 aromatic rings. The first-order chi connectivity index (χ1) is 11.2. The van der Waals surface area contributed by atoms with Gasteiger partial charge in [-0.25, -0.2) is 0 Å². The first kappa shape index (κ1) is 16.4. The number of benzene rings is 1. The molecule has 0 N–H and O–H groups in total. The molecule has 0 saturated carbocycles. The van der Waals surface area contributed by atoms with E-state index in [-0.39, 0.29) is 0 Å². The molecule has 0 atom stereocenters. The van der Waals surface area contributed by atoms with Crippen LogP contribution in [0.4, 0.5) is 0 Å². The standard InChI is InChI=1S/C18H28N4O/c1-19-7-13-22(14-8-19)18(23)16-21-11-9-20(10-12-21)15-17-5-3-2-4-6-17/h2-6H,7-16H2,1H3. The summed E-state index contributed by atoms with van der Waals surface area (Å²) in [6.07, 6.45) is 0. The summed E-state index contributed by atoms with van der Waals surface area (Å²) in [5.41, 5.74) is 1.37. The lowest BCUT2D eigenvalue weighted by Crippen LogP contribution is -2.53. The van der Waals surface area contributed by atoms with E-state index in [1.165, 1.54) is 5.56 Å². The number of rotatable bonds is 4. The van der Waals surface area contributed by atoms with Crippen molar-refractivity contribution in [2.45, 2.75) is 6.54 Å². The van der Waals surface area contributed by atoms with Crippen molar-refractivity contribution in [3.05, 3.63) is 35.9 Å². The molecule has 0 aromatic heterocycles. The Morgan fingerprint density at radius 1 is 0.870 bits per heavy atom. The predicted molar refractivity (Wildman–Crippen MR) is 92.2 cm³/mol. The van der Waals surface area contributed by atoms with Gasteiger partial charge in [-0.05, 0) is 12.6 Å². The first-order valence-corrected chi connectivity index (χ1v) is 8.66. The molecule has 2 heterocycles. The largest absolute Gasteiger partial charge is 0.339 e. The maximum atomic E-state index is 12.4. The Morgan fingerprint density at radius 2 is 1.48 bits per heavy atom. The van der Waals surface area contributed by atoms with Crippen molar-refractivity contribution in [2.75, 3.05) is 66.0 Å². The molecule has 126 valence electrons. The molecule has 23 heavy (non-hydrogen) atoms. The summed E-state index contributed by atoms with van der Waals surface area (Å²) < 4.78 is 0. The number of likely N-dealkylation sites (N-methyl/N-ethyl adjacent to an activating group) is 1. The summed E-state index contributed by atoms with van der Waals surface area (Å²) in [6.45, 7) is 9.43. The highest BCUT2D eigenvalue weighted by Gasteiger charge is 2.23. The third kappa shape index (κ3) is 4.77. The zero-order chi connectivity index (χ0) is 16.1. The average Bonchev–Trinajstić information content (AvgIpc) is 2.58. The molecule has 5 heteroatoms. The minimum atomic E-state index is 0.301. The van der Waals surface area contributed by atoms with Crippen molar-refractivity contribution in [1.82, 2.24) is 19.6 Å². The van der Waals surface area contributed by atoms with Gasteiger partial charge in [0.1, 0.15) is 0 Å². The van der Waals surface area contributed by atoms with Crippen LogP contribution in [-0.4, -0.2) is 91.5 Å². The number of hydrogen-bond acceptors (Lipinski definition) is 4. The molecular formula is C18H28N4O. The van der Waals surface area contributed by atoms with Crippen molar-refractivity contribution in [1.29, 1.82) is 0 Å². The van der Waals surface area contributed by atoms with Gasteiger partial charge in [0.25, 0.3) is 0 Å². The molecule has 2 aliphatic heterocycles. The zero-order valence-corrected chi connectivity index (χ0v) is 14.2. The number of piperazine rings is 2. The van der Waals surface area contributed by atoms with E-state index in [0.29, 0.717) is 12.5 Å². The fraction of sp³-hybridized carbons (Fsp3) is 0.611. The predicted octanol–water partition coefficient (Wildman–Crippen LogP) is 0.578. The highest BCUT2D eigenvalue weighted by Crippen LogP contribution is 2.09. The molecule has 0 bridgehead atoms. The normalized spacial score (nSPS) is 21.5. The molecular weight excluding hydrogens is 288 g/mol. The van der Waals surface area contributed by atoms with E-state index in [1.807, 2.05) is 4.90 Å². The Hall–Kier alpha value is -1.43. The number of nitrogens with zero attached hydrogens (tertiary/aromatic N) is 4. The van der Waals surface area contributed by atoms with Crippen LogP contribution < -0.4 is 0 Å². The Kier molecular flexibility index (Phi) is 5.65. The van der Waals surface area contributed by atoms with Crippen LogP contribution in [0.1, 0.15) is 5.56 Å². The Morgan fingerprint density at radius 3 is 2.13 bits per heavy atom. The topological polar surface area (TPSA) is 30.0 Å². The van der Waals surface area contributed by atoms with Crippen molar-refractivity contribution in [3.63, 3.8) is 0 Å². The molecule has 0 aliphatic carbocycles. The maximum Gasteiger partial charge on any atom is 0.236 e. The summed E-state index contributed by atoms with van der Waals surface area (Å²) in [6, 6.07) is 10.6. The summed E-state index contributed by atoms with van der Waals surface area (Å²) in [4.78, 5) is 21.5. The summed E-state index contributed by atoms with van der Waals surface area (Å²) in [5.74, 6) is 0.301. The second-order valence-electron chi connectivity index (χ2n) is 6.72. The highest BCUT2D eigenvalue weighted by molar-refractivity contribution is 5.78. The summed E-state index contributed by atoms with van der Waals surface area (Å²) >= 11 is 0. The molecule has 3 rings (SSSR count). The molecule has 1 aromatic carbocycles. The van der Waals surface area contributed by atoms with E-state index in [1.54, 1.807) is 0 Å². The first-order valence-electron chi connectivity index (χ1n) is 8.66. The molecule has 2 fully saturated rings. The Labute approximate surface area is 139 Å². The lowest BCUT2D eigenvalue weighted by atomic mass is 10.2. The van der Waals surface area contributed by atoms with Crippen molar-refractivity contribution in [3.8, 4) is 0 Å². The Bertz CT molecular complexity index is 491. The summed E-state index contributed by atoms with van der Waals surface area (Å²) in [7, 11) is 2.12. The van der Waals surface area contributed by atoms with Gasteiger partial charge in [0.05, 0.1) is 6.54 Å². The van der Waals surface area contributed by atoms with Gasteiger partial charge in [-0.1, -0.05) is 30.3 Å². The van der Waals surface area contributed by atoms with E-state index >= 15 is 0 Å². The van der Waals surface area contributed by atoms with Crippen molar-refractivity contribution in [2.24, 2.45) is 0 Å². The minimum absolute atomic E-state index is 0.301. The maximum absolute atomic E-state index is 12.4. The fourth-order valence-electron chi connectivity index (χ4n) is 3.29. The molecule has 0 radical (unpaired) electrons. The number of hydrogen-bond donors (Lipinski definition) is 0. The van der Waals surface area contributed by atoms with Gasteiger partial charge < -0.3 is 9.80 Å². The van der Waals surface area contributed by atoms with E-state index in [4.69, 9.17) is 0 Å². The summed E-state index contributed by atoms with van der Waals surface area (Å²) in [5, 5.41) is 0. The van der Waals surface area contributed by atoms with Crippen LogP contribution >= 0.6 is 0 Å². The van der Waals surface area contributed by atoms with E-state index in [2.05, 4.69) is 52.1 Å². The average molecular weight is 316 g/mol. The third-order valence-corrected chi connectivity index (χ3v) is 4.93. The van der Waals surface area contributed by atoms with Crippen LogP contribution in [0, 0.1) is 0 Å². The smallest absolute Gasteiger partial charge is 0.236 e. The second-order valence-corrected chi connectivity index (χ2v) is 6.72. The van der Waals surface area contributed by atoms with Gasteiger partial charge in [-0.3, -0.25) is 14.6 Å². The lowest BCUT2D eigenvalue weighted by molar-refractivity contribution is -0.134. The van der Waals surface area contributed by atoms with Crippen molar-refractivity contribution < 1.29 is 4.79 Å². The van der Waals surface area contributed by atoms with Crippen LogP contribution in [0.2, 0.25) is 0 Å². The molecule has 5 nitrogen and oxygen atoms in total. The van der Waals surface area contributed by atoms with Gasteiger partial charge in [0.2, 0.25) is 5.91 Å². The van der Waals surface area contributed by atoms with E-state index < -0.39 is 0 Å². The monoisotopic (exact) mass is 316 g/mol. The van der Waals surface area contributed by atoms with Gasteiger partial charge in [-0.15, -0.1) is 0 Å². The number of carbonyl (C=O) groups is 1. The van der Waals surface area contributed by atoms with Crippen LogP contribution in [0.3, 0.4) is 0 Å². The van der Waals surface area contributed by atoms with Crippen LogP contribution in [-0.2, 0) is 11.3 Å². The van der Waals surface area contributed by atoms with Gasteiger partial charge in [0.15, 0.2) is 0 Å². The van der Waals surface area contributed by atoms with Crippen LogP contribution in [0.5, 0.6) is 0 Å². The second kappa shape index (κ2) is 7.90. The number of amides is 1. The lowest BCUT2D eigenvalue weighted by Gasteiger charge is -2.37. The molecule has 0 spiro atoms. The van der Waals surface area contributed by atoms with Gasteiger partial charge in [0, 0.05) is 58.9 Å². The Balaban J connectivity index is 1.40. The molecule has 1 amide bonds. The van der Waals surface area contributed by atoms with Crippen LogP contribution in [0.15, 0.2) is 30.3 Å². The SMILES string of the molecule is CN1CCN(C(=O)CN2CCN(Cc3ccccc3)CC2)CC1. The molecule has 2 saturated heterocycles. The third-order valence-electron chi connectivity index (χ3n) is 4.93. The quantitative estimate of drug-likeness (QED) is 0.813. The van der Waals surface area contributed by atoms with Crippen molar-refractivity contribution >= 4 is 5.91 Å². The zero-order valence-electron chi connectivity index (χ0n) is 14.2. The molecule has 0 unspecified atom stereocenters. The van der Waals surface area contributed by atoms with Gasteiger partial charge >= 0.3 is 0 Å². The number of carbonyl (C=O) groups excluding carboxylic acids is 1.